The molecule has 2 aliphatic rings. The third kappa shape index (κ3) is 2.81. The zero-order valence-corrected chi connectivity index (χ0v) is 10.7. The van der Waals surface area contributed by atoms with E-state index in [9.17, 15) is 9.59 Å². The number of hydrogen-bond donors (Lipinski definition) is 1. The second-order valence-corrected chi connectivity index (χ2v) is 4.90. The molecule has 0 saturated carbocycles. The van der Waals surface area contributed by atoms with Crippen molar-refractivity contribution in [2.75, 3.05) is 32.8 Å². The summed E-state index contributed by atoms with van der Waals surface area (Å²) in [6, 6.07) is -0.256. The van der Waals surface area contributed by atoms with E-state index < -0.39 is 12.1 Å². The zero-order chi connectivity index (χ0) is 13.1. The van der Waals surface area contributed by atoms with Gasteiger partial charge in [0.2, 0.25) is 5.91 Å². The maximum Gasteiger partial charge on any atom is 0.334 e. The predicted octanol–water partition coefficient (Wildman–Crippen LogP) is -0.217. The minimum Gasteiger partial charge on any atom is -0.479 e. The Morgan fingerprint density at radius 2 is 1.94 bits per heavy atom. The van der Waals surface area contributed by atoms with Crippen molar-refractivity contribution in [2.45, 2.75) is 31.9 Å². The lowest BCUT2D eigenvalue weighted by Crippen LogP contribution is -2.54. The number of ether oxygens (including phenoxy) is 1. The van der Waals surface area contributed by atoms with Crippen LogP contribution in [0.5, 0.6) is 0 Å². The highest BCUT2D eigenvalue weighted by Crippen LogP contribution is 2.15. The van der Waals surface area contributed by atoms with Gasteiger partial charge in [-0.2, -0.15) is 0 Å². The first-order valence-electron chi connectivity index (χ1n) is 6.47. The molecule has 1 N–H and O–H groups in total. The van der Waals surface area contributed by atoms with Gasteiger partial charge >= 0.3 is 5.97 Å². The molecule has 2 unspecified atom stereocenters. The van der Waals surface area contributed by atoms with Gasteiger partial charge in [0.25, 0.3) is 0 Å². The minimum absolute atomic E-state index is 0.110. The van der Waals surface area contributed by atoms with Crippen LogP contribution in [-0.2, 0) is 14.3 Å². The van der Waals surface area contributed by atoms with Crippen LogP contribution in [0.2, 0.25) is 0 Å². The summed E-state index contributed by atoms with van der Waals surface area (Å²) in [4.78, 5) is 26.9. The first kappa shape index (κ1) is 13.3. The average Bonchev–Trinajstić information content (AvgIpc) is 2.91. The molecular formula is C12H20N2O4. The Balaban J connectivity index is 1.93. The molecule has 0 aliphatic carbocycles. The highest BCUT2D eigenvalue weighted by molar-refractivity contribution is 5.82. The van der Waals surface area contributed by atoms with E-state index in [0.29, 0.717) is 13.2 Å². The first-order chi connectivity index (χ1) is 8.59. The Morgan fingerprint density at radius 3 is 2.56 bits per heavy atom. The number of amides is 1. The van der Waals surface area contributed by atoms with Crippen LogP contribution in [0.15, 0.2) is 0 Å². The van der Waals surface area contributed by atoms with Crippen molar-refractivity contribution >= 4 is 11.9 Å². The van der Waals surface area contributed by atoms with E-state index in [-0.39, 0.29) is 18.5 Å². The number of rotatable bonds is 3. The summed E-state index contributed by atoms with van der Waals surface area (Å²) >= 11 is 0. The maximum atomic E-state index is 12.2. The third-order valence-electron chi connectivity index (χ3n) is 3.70. The molecule has 18 heavy (non-hydrogen) atoms. The molecule has 6 nitrogen and oxygen atoms in total. The van der Waals surface area contributed by atoms with Crippen LogP contribution < -0.4 is 0 Å². The normalized spacial score (nSPS) is 27.2. The Bertz CT molecular complexity index is 328. The van der Waals surface area contributed by atoms with Crippen LogP contribution in [-0.4, -0.2) is 71.7 Å². The molecule has 0 bridgehead atoms. The molecule has 0 aromatic rings. The number of carboxylic acids is 1. The molecule has 2 heterocycles. The predicted molar refractivity (Wildman–Crippen MR) is 64.2 cm³/mol. The van der Waals surface area contributed by atoms with E-state index in [2.05, 4.69) is 0 Å². The quantitative estimate of drug-likeness (QED) is 0.756. The number of carbonyl (C=O) groups is 2. The van der Waals surface area contributed by atoms with Crippen molar-refractivity contribution in [3.8, 4) is 0 Å². The van der Waals surface area contributed by atoms with Crippen LogP contribution >= 0.6 is 0 Å². The summed E-state index contributed by atoms with van der Waals surface area (Å²) in [7, 11) is 0. The molecule has 6 heteroatoms. The molecule has 0 aromatic heterocycles. The summed E-state index contributed by atoms with van der Waals surface area (Å²) in [6.07, 6.45) is 1.33. The van der Waals surface area contributed by atoms with Gasteiger partial charge in [-0.1, -0.05) is 0 Å². The van der Waals surface area contributed by atoms with Gasteiger partial charge in [0, 0.05) is 26.2 Å². The highest BCUT2D eigenvalue weighted by Gasteiger charge is 2.33. The lowest BCUT2D eigenvalue weighted by atomic mass is 10.2. The smallest absolute Gasteiger partial charge is 0.334 e. The zero-order valence-electron chi connectivity index (χ0n) is 10.7. The summed E-state index contributed by atoms with van der Waals surface area (Å²) in [5.41, 5.74) is 0. The number of carbonyl (C=O) groups excluding carboxylic acids is 1. The molecule has 2 atom stereocenters. The topological polar surface area (TPSA) is 70.1 Å². The Hall–Kier alpha value is -1.14. The summed E-state index contributed by atoms with van der Waals surface area (Å²) in [5, 5.41) is 8.94. The van der Waals surface area contributed by atoms with Crippen molar-refractivity contribution in [2.24, 2.45) is 0 Å². The van der Waals surface area contributed by atoms with Crippen molar-refractivity contribution in [1.82, 2.24) is 9.80 Å². The molecule has 2 fully saturated rings. The molecule has 102 valence electrons. The molecule has 0 aromatic carbocycles. The lowest BCUT2D eigenvalue weighted by molar-refractivity contribution is -0.159. The summed E-state index contributed by atoms with van der Waals surface area (Å²) in [5.74, 6) is -0.848. The van der Waals surface area contributed by atoms with Gasteiger partial charge in [-0.3, -0.25) is 9.69 Å². The van der Waals surface area contributed by atoms with Gasteiger partial charge in [0.05, 0.1) is 12.6 Å². The molecule has 1 amide bonds. The van der Waals surface area contributed by atoms with E-state index in [1.807, 2.05) is 16.7 Å². The first-order valence-corrected chi connectivity index (χ1v) is 6.47. The number of carboxylic acid groups (broad SMARTS) is 1. The largest absolute Gasteiger partial charge is 0.479 e. The molecule has 0 radical (unpaired) electrons. The monoisotopic (exact) mass is 256 g/mol. The van der Waals surface area contributed by atoms with Crippen molar-refractivity contribution < 1.29 is 19.4 Å². The van der Waals surface area contributed by atoms with E-state index in [4.69, 9.17) is 9.84 Å². The number of nitrogens with zero attached hydrogens (tertiary/aromatic N) is 2. The fourth-order valence-corrected chi connectivity index (χ4v) is 2.53. The van der Waals surface area contributed by atoms with Crippen LogP contribution in [0.3, 0.4) is 0 Å². The van der Waals surface area contributed by atoms with E-state index >= 15 is 0 Å². The third-order valence-corrected chi connectivity index (χ3v) is 3.70. The van der Waals surface area contributed by atoms with Crippen molar-refractivity contribution in [3.63, 3.8) is 0 Å². The Kier molecular flexibility index (Phi) is 4.19. The van der Waals surface area contributed by atoms with Gasteiger partial charge in [-0.15, -0.1) is 0 Å². The SMILES string of the molecule is CC(C(=O)N1CCCC1)N1CCOC(C(=O)O)C1. The Morgan fingerprint density at radius 1 is 1.28 bits per heavy atom. The van der Waals surface area contributed by atoms with Gasteiger partial charge in [0.1, 0.15) is 0 Å². The number of aliphatic carboxylic acids is 1. The van der Waals surface area contributed by atoms with Crippen LogP contribution in [0, 0.1) is 0 Å². The minimum atomic E-state index is -0.958. The Labute approximate surface area is 106 Å². The van der Waals surface area contributed by atoms with Crippen LogP contribution in [0.4, 0.5) is 0 Å². The van der Waals surface area contributed by atoms with Crippen molar-refractivity contribution in [1.29, 1.82) is 0 Å². The lowest BCUT2D eigenvalue weighted by Gasteiger charge is -2.35. The number of likely N-dealkylation sites (tertiary alicyclic amines) is 1. The second kappa shape index (κ2) is 5.67. The fourth-order valence-electron chi connectivity index (χ4n) is 2.53. The van der Waals surface area contributed by atoms with E-state index in [1.54, 1.807) is 0 Å². The number of morpholine rings is 1. The van der Waals surface area contributed by atoms with E-state index in [0.717, 1.165) is 25.9 Å². The van der Waals surface area contributed by atoms with E-state index in [1.165, 1.54) is 0 Å². The van der Waals surface area contributed by atoms with Gasteiger partial charge in [-0.05, 0) is 19.8 Å². The van der Waals surface area contributed by atoms with Crippen LogP contribution in [0.25, 0.3) is 0 Å². The summed E-state index contributed by atoms with van der Waals surface area (Å²) in [6.45, 7) is 4.78. The molecule has 2 aliphatic heterocycles. The summed E-state index contributed by atoms with van der Waals surface area (Å²) < 4.78 is 5.16. The second-order valence-electron chi connectivity index (χ2n) is 4.90. The molecule has 0 spiro atoms. The average molecular weight is 256 g/mol. The van der Waals surface area contributed by atoms with Crippen LogP contribution in [0.1, 0.15) is 19.8 Å². The molecule has 2 rings (SSSR count). The standard InChI is InChI=1S/C12H20N2O4/c1-9(11(15)13-4-2-3-5-13)14-6-7-18-10(8-14)12(16)17/h9-10H,2-8H2,1H3,(H,16,17). The molecule has 2 saturated heterocycles. The molecular weight excluding hydrogens is 236 g/mol. The number of hydrogen-bond acceptors (Lipinski definition) is 4. The maximum absolute atomic E-state index is 12.2. The highest BCUT2D eigenvalue weighted by atomic mass is 16.5. The van der Waals surface area contributed by atoms with Gasteiger partial charge < -0.3 is 14.7 Å². The van der Waals surface area contributed by atoms with Gasteiger partial charge in [0.15, 0.2) is 6.10 Å². The fraction of sp³-hybridized carbons (Fsp3) is 0.833. The van der Waals surface area contributed by atoms with Crippen molar-refractivity contribution in [3.05, 3.63) is 0 Å². The van der Waals surface area contributed by atoms with Gasteiger partial charge in [-0.25, -0.2) is 4.79 Å².